The zero-order valence-corrected chi connectivity index (χ0v) is 10.1. The molecule has 2 rings (SSSR count). The molecular weight excluding hydrogens is 215 g/mol. The Morgan fingerprint density at radius 2 is 1.46 bits per heavy atom. The summed E-state index contributed by atoms with van der Waals surface area (Å²) in [5, 5.41) is 2.47. The van der Waals surface area contributed by atoms with Crippen LogP contribution in [0.15, 0.2) is 44.2 Å². The van der Waals surface area contributed by atoms with Crippen LogP contribution in [-0.2, 0) is 17.9 Å². The van der Waals surface area contributed by atoms with Crippen LogP contribution in [0.1, 0.15) is 12.8 Å². The van der Waals surface area contributed by atoms with Crippen LogP contribution in [0, 0.1) is 0 Å². The zero-order chi connectivity index (χ0) is 8.39. The molecule has 0 saturated heterocycles. The Bertz CT molecular complexity index is 267. The maximum atomic E-state index is 2.47. The molecular formula is C11H13ClTi. The molecule has 0 nitrogen and oxygen atoms in total. The van der Waals surface area contributed by atoms with Crippen LogP contribution in [-0.4, -0.2) is 0 Å². The summed E-state index contributed by atoms with van der Waals surface area (Å²) in [4.78, 5) is 0. The van der Waals surface area contributed by atoms with Crippen LogP contribution in [0.3, 0.4) is 0 Å². The third-order valence-electron chi connectivity index (χ3n) is 2.51. The second kappa shape index (κ2) is 5.00. The van der Waals surface area contributed by atoms with E-state index in [-0.39, 0.29) is 12.4 Å². The SMILES string of the molecule is [CH3][Ti+]([C]1=CC=CC1)[C]1=CC=CC1.[Cl-]. The van der Waals surface area contributed by atoms with Crippen molar-refractivity contribution < 1.29 is 30.3 Å². The Morgan fingerprint density at radius 1 is 1.00 bits per heavy atom. The molecule has 2 heteroatoms. The molecule has 0 aromatic heterocycles. The standard InChI is InChI=1S/2C5H5.CH3.ClH.Ti/c2*1-2-4-5-3-1;;;/h2*1-3H,4H2;1H3;1H;/q;;;;+1/p-1. The fourth-order valence-electron chi connectivity index (χ4n) is 1.66. The van der Waals surface area contributed by atoms with Crippen molar-refractivity contribution in [1.29, 1.82) is 0 Å². The Balaban J connectivity index is 0.000000845. The van der Waals surface area contributed by atoms with Crippen molar-refractivity contribution in [3.05, 3.63) is 44.2 Å². The van der Waals surface area contributed by atoms with Gasteiger partial charge in [-0.15, -0.1) is 0 Å². The molecule has 13 heavy (non-hydrogen) atoms. The summed E-state index contributed by atoms with van der Waals surface area (Å²) >= 11 is -0.981. The van der Waals surface area contributed by atoms with Crippen molar-refractivity contribution in [3.63, 3.8) is 0 Å². The summed E-state index contributed by atoms with van der Waals surface area (Å²) in [6, 6.07) is 0. The molecule has 0 aromatic rings. The van der Waals surface area contributed by atoms with Crippen LogP contribution >= 0.6 is 0 Å². The van der Waals surface area contributed by atoms with E-state index in [2.05, 4.69) is 41.7 Å². The van der Waals surface area contributed by atoms with E-state index in [1.807, 2.05) is 0 Å². The Kier molecular flexibility index (Phi) is 4.24. The average Bonchev–Trinajstić information content (AvgIpc) is 2.77. The number of hydrogen-bond donors (Lipinski definition) is 0. The maximum absolute atomic E-state index is 2.47. The molecule has 0 radical (unpaired) electrons. The molecule has 0 aromatic carbocycles. The van der Waals surface area contributed by atoms with Gasteiger partial charge in [0.05, 0.1) is 0 Å². The molecule has 0 amide bonds. The number of allylic oxidation sites excluding steroid dienone is 8. The van der Waals surface area contributed by atoms with Crippen molar-refractivity contribution in [3.8, 4) is 0 Å². The summed E-state index contributed by atoms with van der Waals surface area (Å²) < 4.78 is 3.45. The van der Waals surface area contributed by atoms with Crippen LogP contribution in [0.2, 0.25) is 5.23 Å². The van der Waals surface area contributed by atoms with E-state index in [1.165, 1.54) is 12.8 Å². The van der Waals surface area contributed by atoms with E-state index in [4.69, 9.17) is 0 Å². The van der Waals surface area contributed by atoms with Crippen LogP contribution < -0.4 is 12.4 Å². The van der Waals surface area contributed by atoms with Crippen molar-refractivity contribution in [1.82, 2.24) is 0 Å². The molecule has 0 fully saturated rings. The molecule has 0 saturated carbocycles. The minimum Gasteiger partial charge on any atom is -1.00 e. The number of rotatable bonds is 2. The van der Waals surface area contributed by atoms with Gasteiger partial charge in [0.1, 0.15) is 0 Å². The van der Waals surface area contributed by atoms with Gasteiger partial charge in [0.2, 0.25) is 0 Å². The first-order valence-corrected chi connectivity index (χ1v) is 7.56. The van der Waals surface area contributed by atoms with Gasteiger partial charge in [0.25, 0.3) is 0 Å². The first-order valence-electron chi connectivity index (χ1n) is 4.43. The van der Waals surface area contributed by atoms with E-state index >= 15 is 0 Å². The predicted octanol–water partition coefficient (Wildman–Crippen LogP) is 0.344. The first kappa shape index (κ1) is 11.0. The quantitative estimate of drug-likeness (QED) is 0.598. The van der Waals surface area contributed by atoms with Gasteiger partial charge in [-0.05, 0) is 0 Å². The van der Waals surface area contributed by atoms with Crippen molar-refractivity contribution in [2.45, 2.75) is 18.1 Å². The monoisotopic (exact) mass is 228 g/mol. The van der Waals surface area contributed by atoms with Crippen LogP contribution in [0.4, 0.5) is 0 Å². The van der Waals surface area contributed by atoms with Gasteiger partial charge in [-0.1, -0.05) is 0 Å². The molecule has 0 bridgehead atoms. The van der Waals surface area contributed by atoms with Gasteiger partial charge in [0.15, 0.2) is 0 Å². The molecule has 0 atom stereocenters. The largest absolute Gasteiger partial charge is 1.00 e. The fraction of sp³-hybridized carbons (Fsp3) is 0.273. The molecule has 0 unspecified atom stereocenters. The topological polar surface area (TPSA) is 0 Å². The van der Waals surface area contributed by atoms with Gasteiger partial charge < -0.3 is 12.4 Å². The normalized spacial score (nSPS) is 18.2. The number of hydrogen-bond acceptors (Lipinski definition) is 0. The van der Waals surface area contributed by atoms with Gasteiger partial charge in [-0.3, -0.25) is 0 Å². The van der Waals surface area contributed by atoms with Gasteiger partial charge in [-0.25, -0.2) is 0 Å². The Morgan fingerprint density at radius 3 is 1.77 bits per heavy atom. The van der Waals surface area contributed by atoms with E-state index in [0.717, 1.165) is 0 Å². The summed E-state index contributed by atoms with van der Waals surface area (Å²) in [5.74, 6) is 0. The second-order valence-electron chi connectivity index (χ2n) is 3.27. The minimum absolute atomic E-state index is 0. The molecule has 2 aliphatic rings. The van der Waals surface area contributed by atoms with Crippen LogP contribution in [0.25, 0.3) is 0 Å². The van der Waals surface area contributed by atoms with Crippen molar-refractivity contribution in [2.75, 3.05) is 0 Å². The van der Waals surface area contributed by atoms with Crippen molar-refractivity contribution >= 4 is 0 Å². The third-order valence-corrected chi connectivity index (χ3v) is 6.67. The summed E-state index contributed by atoms with van der Waals surface area (Å²) in [7, 11) is 0. The summed E-state index contributed by atoms with van der Waals surface area (Å²) in [5.41, 5.74) is 0. The van der Waals surface area contributed by atoms with Gasteiger partial charge >= 0.3 is 80.2 Å². The average molecular weight is 229 g/mol. The number of halogens is 1. The van der Waals surface area contributed by atoms with E-state index in [1.54, 1.807) is 7.76 Å². The molecule has 2 aliphatic carbocycles. The summed E-state index contributed by atoms with van der Waals surface area (Å²) in [6.07, 6.45) is 16.1. The van der Waals surface area contributed by atoms with E-state index in [9.17, 15) is 0 Å². The molecule has 0 N–H and O–H groups in total. The Hall–Kier alpha value is -0.0357. The molecule has 0 heterocycles. The minimum atomic E-state index is -0.981. The molecule has 0 aliphatic heterocycles. The zero-order valence-electron chi connectivity index (χ0n) is 7.76. The Labute approximate surface area is 92.3 Å². The maximum Gasteiger partial charge on any atom is -1.00 e. The molecule has 0 spiro atoms. The fourth-order valence-corrected chi connectivity index (χ4v) is 4.71. The first-order chi connectivity index (χ1) is 5.88. The van der Waals surface area contributed by atoms with Gasteiger partial charge in [-0.2, -0.15) is 0 Å². The smallest absolute Gasteiger partial charge is 1.00 e. The predicted molar refractivity (Wildman–Crippen MR) is 49.5 cm³/mol. The van der Waals surface area contributed by atoms with E-state index < -0.39 is 17.9 Å². The van der Waals surface area contributed by atoms with Gasteiger partial charge in [0, 0.05) is 0 Å². The van der Waals surface area contributed by atoms with E-state index in [0.29, 0.717) is 0 Å². The third kappa shape index (κ3) is 2.46. The summed E-state index contributed by atoms with van der Waals surface area (Å²) in [6.45, 7) is 0. The molecule has 68 valence electrons. The van der Waals surface area contributed by atoms with Crippen LogP contribution in [0.5, 0.6) is 0 Å². The second-order valence-corrected chi connectivity index (χ2v) is 7.23. The van der Waals surface area contributed by atoms with Crippen molar-refractivity contribution in [2.24, 2.45) is 0 Å².